The van der Waals surface area contributed by atoms with Crippen LogP contribution in [0.2, 0.25) is 0 Å². The van der Waals surface area contributed by atoms with Crippen molar-refractivity contribution in [2.45, 2.75) is 71.0 Å². The number of fused-ring (bicyclic) bond motifs is 1. The predicted octanol–water partition coefficient (Wildman–Crippen LogP) is 2.91. The summed E-state index contributed by atoms with van der Waals surface area (Å²) in [6.45, 7) is 5.64. The minimum Gasteiger partial charge on any atom is -0.460 e. The van der Waals surface area contributed by atoms with Crippen molar-refractivity contribution in [3.8, 4) is 0 Å². The molecule has 2 aliphatic carbocycles. The number of aliphatic hydroxyl groups is 1. The number of aliphatic hydroxyl groups excluding tert-OH is 1. The Hall–Kier alpha value is -0.570. The topological polar surface area (TPSA) is 46.5 Å². The molecule has 1 N–H and O–H groups in total. The number of carbonyl (C=O) groups is 1. The fourth-order valence-corrected chi connectivity index (χ4v) is 3.54. The quantitative estimate of drug-likeness (QED) is 0.732. The van der Waals surface area contributed by atoms with E-state index >= 15 is 0 Å². The van der Waals surface area contributed by atoms with Gasteiger partial charge in [0.25, 0.3) is 0 Å². The fourth-order valence-electron chi connectivity index (χ4n) is 3.54. The largest absolute Gasteiger partial charge is 0.460 e. The van der Waals surface area contributed by atoms with Gasteiger partial charge >= 0.3 is 5.97 Å². The fraction of sp³-hybridized carbons (Fsp3) is 0.933. The van der Waals surface area contributed by atoms with E-state index < -0.39 is 11.7 Å². The molecule has 0 saturated heterocycles. The lowest BCUT2D eigenvalue weighted by atomic mass is 9.66. The molecule has 18 heavy (non-hydrogen) atoms. The van der Waals surface area contributed by atoms with Crippen LogP contribution in [0, 0.1) is 17.8 Å². The third-order valence-corrected chi connectivity index (χ3v) is 4.38. The van der Waals surface area contributed by atoms with Gasteiger partial charge in [-0.3, -0.25) is 4.79 Å². The van der Waals surface area contributed by atoms with Crippen LogP contribution in [0.5, 0.6) is 0 Å². The van der Waals surface area contributed by atoms with Crippen LogP contribution < -0.4 is 0 Å². The second kappa shape index (κ2) is 5.20. The van der Waals surface area contributed by atoms with Gasteiger partial charge < -0.3 is 9.84 Å². The van der Waals surface area contributed by atoms with Crippen molar-refractivity contribution in [2.24, 2.45) is 17.8 Å². The highest BCUT2D eigenvalue weighted by atomic mass is 16.6. The molecule has 4 atom stereocenters. The van der Waals surface area contributed by atoms with Crippen LogP contribution >= 0.6 is 0 Å². The molecule has 3 heteroatoms. The lowest BCUT2D eigenvalue weighted by Crippen LogP contribution is -2.45. The van der Waals surface area contributed by atoms with Gasteiger partial charge in [-0.05, 0) is 51.9 Å². The monoisotopic (exact) mass is 254 g/mol. The Bertz CT molecular complexity index is 305. The van der Waals surface area contributed by atoms with Crippen molar-refractivity contribution in [1.29, 1.82) is 0 Å². The molecule has 2 aliphatic rings. The molecule has 0 aromatic heterocycles. The van der Waals surface area contributed by atoms with Gasteiger partial charge in [0.15, 0.2) is 0 Å². The first-order valence-electron chi connectivity index (χ1n) is 7.29. The molecule has 0 radical (unpaired) electrons. The summed E-state index contributed by atoms with van der Waals surface area (Å²) in [7, 11) is 0. The maximum atomic E-state index is 12.1. The van der Waals surface area contributed by atoms with E-state index in [0.29, 0.717) is 11.8 Å². The lowest BCUT2D eigenvalue weighted by Gasteiger charge is -2.42. The molecular formula is C15H26O3. The van der Waals surface area contributed by atoms with E-state index in [9.17, 15) is 9.90 Å². The maximum absolute atomic E-state index is 12.1. The van der Waals surface area contributed by atoms with Crippen LogP contribution in [-0.4, -0.2) is 22.8 Å². The molecule has 0 aromatic carbocycles. The first-order chi connectivity index (χ1) is 8.38. The Morgan fingerprint density at radius 2 is 1.78 bits per heavy atom. The molecular weight excluding hydrogens is 228 g/mol. The summed E-state index contributed by atoms with van der Waals surface area (Å²) in [5.74, 6) is 0.444. The summed E-state index contributed by atoms with van der Waals surface area (Å²) in [4.78, 5) is 12.1. The van der Waals surface area contributed by atoms with Gasteiger partial charge in [-0.25, -0.2) is 0 Å². The molecule has 3 nitrogen and oxygen atoms in total. The summed E-state index contributed by atoms with van der Waals surface area (Å²) in [6, 6.07) is 0. The molecule has 2 rings (SSSR count). The number of hydrogen-bond donors (Lipinski definition) is 1. The molecule has 0 amide bonds. The number of ether oxygens (including phenoxy) is 1. The van der Waals surface area contributed by atoms with Gasteiger partial charge in [-0.1, -0.05) is 19.3 Å². The summed E-state index contributed by atoms with van der Waals surface area (Å²) in [5, 5.41) is 10.4. The third-order valence-electron chi connectivity index (χ3n) is 4.38. The third kappa shape index (κ3) is 3.05. The molecule has 0 aromatic rings. The Morgan fingerprint density at radius 3 is 2.44 bits per heavy atom. The molecule has 0 spiro atoms. The minimum absolute atomic E-state index is 0.209. The summed E-state index contributed by atoms with van der Waals surface area (Å²) in [5.41, 5.74) is -0.458. The molecule has 2 saturated carbocycles. The van der Waals surface area contributed by atoms with Crippen molar-refractivity contribution in [3.63, 3.8) is 0 Å². The van der Waals surface area contributed by atoms with E-state index in [0.717, 1.165) is 19.3 Å². The highest BCUT2D eigenvalue weighted by Crippen LogP contribution is 2.43. The maximum Gasteiger partial charge on any atom is 0.312 e. The summed E-state index contributed by atoms with van der Waals surface area (Å²) >= 11 is 0. The first kappa shape index (κ1) is 13.9. The van der Waals surface area contributed by atoms with Crippen LogP contribution in [0.25, 0.3) is 0 Å². The van der Waals surface area contributed by atoms with E-state index in [4.69, 9.17) is 4.74 Å². The van der Waals surface area contributed by atoms with Gasteiger partial charge in [0, 0.05) is 0 Å². The van der Waals surface area contributed by atoms with Crippen LogP contribution in [0.4, 0.5) is 0 Å². The zero-order chi connectivity index (χ0) is 13.3. The zero-order valence-electron chi connectivity index (χ0n) is 11.8. The normalized spacial score (nSPS) is 36.9. The molecule has 0 aliphatic heterocycles. The number of esters is 1. The van der Waals surface area contributed by atoms with E-state index in [2.05, 4.69) is 0 Å². The van der Waals surface area contributed by atoms with Crippen LogP contribution in [0.3, 0.4) is 0 Å². The Balaban J connectivity index is 2.00. The second-order valence-electron chi connectivity index (χ2n) is 6.92. The van der Waals surface area contributed by atoms with Crippen molar-refractivity contribution in [1.82, 2.24) is 0 Å². The Labute approximate surface area is 110 Å². The van der Waals surface area contributed by atoms with E-state index in [1.807, 2.05) is 20.8 Å². The SMILES string of the molecule is CC(C)(C)OC(=O)C1CCC2CCCCC2C1O. The number of carbonyl (C=O) groups excluding carboxylic acids is 1. The van der Waals surface area contributed by atoms with Crippen molar-refractivity contribution in [3.05, 3.63) is 0 Å². The van der Waals surface area contributed by atoms with Crippen LogP contribution in [0.15, 0.2) is 0 Å². The van der Waals surface area contributed by atoms with Crippen molar-refractivity contribution in [2.75, 3.05) is 0 Å². The van der Waals surface area contributed by atoms with Crippen LogP contribution in [-0.2, 0) is 9.53 Å². The minimum atomic E-state index is -0.487. The molecule has 0 bridgehead atoms. The lowest BCUT2D eigenvalue weighted by molar-refractivity contribution is -0.170. The molecule has 104 valence electrons. The van der Waals surface area contributed by atoms with Gasteiger partial charge in [0.2, 0.25) is 0 Å². The molecule has 2 fully saturated rings. The summed E-state index contributed by atoms with van der Waals surface area (Å²) < 4.78 is 5.43. The average molecular weight is 254 g/mol. The Morgan fingerprint density at radius 1 is 1.11 bits per heavy atom. The molecule has 4 unspecified atom stereocenters. The second-order valence-corrected chi connectivity index (χ2v) is 6.92. The van der Waals surface area contributed by atoms with Crippen molar-refractivity contribution < 1.29 is 14.6 Å². The first-order valence-corrected chi connectivity index (χ1v) is 7.29. The van der Waals surface area contributed by atoms with Gasteiger partial charge in [-0.2, -0.15) is 0 Å². The highest BCUT2D eigenvalue weighted by Gasteiger charge is 2.43. The van der Waals surface area contributed by atoms with Crippen molar-refractivity contribution >= 4 is 5.97 Å². The van der Waals surface area contributed by atoms with Gasteiger partial charge in [0.05, 0.1) is 12.0 Å². The Kier molecular flexibility index (Phi) is 4.00. The standard InChI is InChI=1S/C15H26O3/c1-15(2,3)18-14(17)12-9-8-10-6-4-5-7-11(10)13(12)16/h10-13,16H,4-9H2,1-3H3. The van der Waals surface area contributed by atoms with E-state index in [-0.39, 0.29) is 11.9 Å². The van der Waals surface area contributed by atoms with E-state index in [1.54, 1.807) is 0 Å². The predicted molar refractivity (Wildman–Crippen MR) is 70.0 cm³/mol. The number of rotatable bonds is 1. The smallest absolute Gasteiger partial charge is 0.312 e. The average Bonchev–Trinajstić information content (AvgIpc) is 2.27. The zero-order valence-corrected chi connectivity index (χ0v) is 11.8. The van der Waals surface area contributed by atoms with Gasteiger partial charge in [0.1, 0.15) is 5.60 Å². The van der Waals surface area contributed by atoms with E-state index in [1.165, 1.54) is 19.3 Å². The number of hydrogen-bond acceptors (Lipinski definition) is 3. The van der Waals surface area contributed by atoms with Gasteiger partial charge in [-0.15, -0.1) is 0 Å². The van der Waals surface area contributed by atoms with Crippen LogP contribution in [0.1, 0.15) is 59.3 Å². The molecule has 0 heterocycles. The highest BCUT2D eigenvalue weighted by molar-refractivity contribution is 5.73. The summed E-state index contributed by atoms with van der Waals surface area (Å²) in [6.07, 6.45) is 6.15.